The molecular weight excluding hydrogens is 224 g/mol. The van der Waals surface area contributed by atoms with Gasteiger partial charge in [0.15, 0.2) is 0 Å². The maximum absolute atomic E-state index is 11.9. The number of aliphatic hydroxyl groups excluding tert-OH is 1. The molecule has 0 fully saturated rings. The lowest BCUT2D eigenvalue weighted by Crippen LogP contribution is -2.39. The van der Waals surface area contributed by atoms with Crippen molar-refractivity contribution in [2.75, 3.05) is 26.1 Å². The van der Waals surface area contributed by atoms with Crippen molar-refractivity contribution in [3.05, 3.63) is 11.9 Å². The maximum Gasteiger partial charge on any atom is 0.271 e. The molecule has 1 aromatic rings. The summed E-state index contributed by atoms with van der Waals surface area (Å²) in [5.74, 6) is -0.321. The molecule has 0 aliphatic heterocycles. The van der Waals surface area contributed by atoms with Crippen LogP contribution in [-0.4, -0.2) is 47.2 Å². The maximum atomic E-state index is 11.9. The number of hydrogen-bond donors (Lipinski definition) is 3. The zero-order chi connectivity index (χ0) is 12.8. The van der Waals surface area contributed by atoms with Crippen LogP contribution >= 0.6 is 0 Å². The Hall–Kier alpha value is -1.60. The smallest absolute Gasteiger partial charge is 0.271 e. The van der Waals surface area contributed by atoms with Crippen LogP contribution in [0.15, 0.2) is 6.20 Å². The number of amides is 1. The molecule has 0 aliphatic rings. The van der Waals surface area contributed by atoms with Crippen LogP contribution < -0.4 is 11.1 Å². The Kier molecular flexibility index (Phi) is 4.92. The van der Waals surface area contributed by atoms with E-state index in [4.69, 9.17) is 15.6 Å². The molecule has 0 bridgehead atoms. The fourth-order valence-electron chi connectivity index (χ4n) is 1.54. The Labute approximate surface area is 99.6 Å². The van der Waals surface area contributed by atoms with E-state index in [1.807, 2.05) is 0 Å². The number of carbonyl (C=O) groups excluding carboxylic acids is 1. The molecule has 96 valence electrons. The summed E-state index contributed by atoms with van der Waals surface area (Å²) in [5.41, 5.74) is 6.27. The monoisotopic (exact) mass is 242 g/mol. The first kappa shape index (κ1) is 13.5. The van der Waals surface area contributed by atoms with E-state index >= 15 is 0 Å². The minimum absolute atomic E-state index is 0.0187. The Morgan fingerprint density at radius 1 is 1.76 bits per heavy atom. The lowest BCUT2D eigenvalue weighted by Gasteiger charge is -2.16. The van der Waals surface area contributed by atoms with Crippen molar-refractivity contribution in [1.82, 2.24) is 15.1 Å². The average molecular weight is 242 g/mol. The first-order chi connectivity index (χ1) is 8.10. The second-order valence-electron chi connectivity index (χ2n) is 3.71. The number of methoxy groups -OCH3 is 1. The molecule has 1 atom stereocenters. The number of aliphatic hydroxyl groups is 1. The van der Waals surface area contributed by atoms with Crippen molar-refractivity contribution in [3.8, 4) is 0 Å². The van der Waals surface area contributed by atoms with E-state index in [0.717, 1.165) is 0 Å². The predicted molar refractivity (Wildman–Crippen MR) is 62.5 cm³/mol. The van der Waals surface area contributed by atoms with E-state index in [1.54, 1.807) is 7.05 Å². The number of aromatic nitrogens is 2. The summed E-state index contributed by atoms with van der Waals surface area (Å²) in [6, 6.07) is -0.244. The van der Waals surface area contributed by atoms with Gasteiger partial charge in [-0.15, -0.1) is 0 Å². The first-order valence-electron chi connectivity index (χ1n) is 5.28. The van der Waals surface area contributed by atoms with Gasteiger partial charge in [0, 0.05) is 20.8 Å². The lowest BCUT2D eigenvalue weighted by molar-refractivity contribution is 0.0870. The Morgan fingerprint density at radius 2 is 2.47 bits per heavy atom. The SMILES string of the molecule is COCC(CCO)NC(=O)c1c(N)cnn1C. The van der Waals surface area contributed by atoms with Gasteiger partial charge in [-0.2, -0.15) is 5.10 Å². The molecule has 0 aromatic carbocycles. The van der Waals surface area contributed by atoms with Gasteiger partial charge in [0.25, 0.3) is 5.91 Å². The third kappa shape index (κ3) is 3.43. The average Bonchev–Trinajstić information content (AvgIpc) is 2.59. The van der Waals surface area contributed by atoms with Crippen molar-refractivity contribution in [2.24, 2.45) is 7.05 Å². The van der Waals surface area contributed by atoms with E-state index in [1.165, 1.54) is 18.0 Å². The van der Waals surface area contributed by atoms with Crippen molar-refractivity contribution >= 4 is 11.6 Å². The topological polar surface area (TPSA) is 102 Å². The summed E-state index contributed by atoms with van der Waals surface area (Å²) in [4.78, 5) is 11.9. The third-order valence-electron chi connectivity index (χ3n) is 2.36. The second-order valence-corrected chi connectivity index (χ2v) is 3.71. The zero-order valence-corrected chi connectivity index (χ0v) is 10.0. The predicted octanol–water partition coefficient (Wildman–Crippen LogP) is -0.870. The molecule has 0 radical (unpaired) electrons. The van der Waals surface area contributed by atoms with Gasteiger partial charge < -0.3 is 20.9 Å². The van der Waals surface area contributed by atoms with Crippen LogP contribution in [0.2, 0.25) is 0 Å². The fourth-order valence-corrected chi connectivity index (χ4v) is 1.54. The Balaban J connectivity index is 2.70. The molecule has 0 saturated heterocycles. The molecule has 0 saturated carbocycles. The van der Waals surface area contributed by atoms with E-state index in [9.17, 15) is 4.79 Å². The molecule has 0 spiro atoms. The highest BCUT2D eigenvalue weighted by molar-refractivity contribution is 5.97. The molecule has 1 rings (SSSR count). The number of nitrogen functional groups attached to an aromatic ring is 1. The van der Waals surface area contributed by atoms with E-state index in [2.05, 4.69) is 10.4 Å². The van der Waals surface area contributed by atoms with Crippen LogP contribution in [-0.2, 0) is 11.8 Å². The summed E-state index contributed by atoms with van der Waals surface area (Å²) in [5, 5.41) is 15.5. The Bertz CT molecular complexity index is 352. The van der Waals surface area contributed by atoms with Crippen molar-refractivity contribution < 1.29 is 14.6 Å². The molecular formula is C10H18N4O3. The van der Waals surface area contributed by atoms with Gasteiger partial charge in [0.1, 0.15) is 5.69 Å². The van der Waals surface area contributed by atoms with Gasteiger partial charge in [0.05, 0.1) is 24.5 Å². The number of nitrogens with zero attached hydrogens (tertiary/aromatic N) is 2. The summed E-state index contributed by atoms with van der Waals surface area (Å²) in [6.07, 6.45) is 1.85. The minimum Gasteiger partial charge on any atom is -0.396 e. The van der Waals surface area contributed by atoms with E-state index in [0.29, 0.717) is 24.4 Å². The van der Waals surface area contributed by atoms with Gasteiger partial charge >= 0.3 is 0 Å². The number of carbonyl (C=O) groups is 1. The van der Waals surface area contributed by atoms with Crippen molar-refractivity contribution in [1.29, 1.82) is 0 Å². The highest BCUT2D eigenvalue weighted by atomic mass is 16.5. The van der Waals surface area contributed by atoms with Crippen molar-refractivity contribution in [3.63, 3.8) is 0 Å². The number of nitrogens with one attached hydrogen (secondary N) is 1. The molecule has 4 N–H and O–H groups in total. The number of nitrogens with two attached hydrogens (primary N) is 1. The molecule has 0 aliphatic carbocycles. The molecule has 1 aromatic heterocycles. The summed E-state index contributed by atoms with van der Waals surface area (Å²) in [6.45, 7) is 0.319. The molecule has 1 unspecified atom stereocenters. The molecule has 1 amide bonds. The minimum atomic E-state index is -0.321. The number of aryl methyl sites for hydroxylation is 1. The van der Waals surface area contributed by atoms with E-state index < -0.39 is 0 Å². The summed E-state index contributed by atoms with van der Waals surface area (Å²) in [7, 11) is 3.18. The number of hydrogen-bond acceptors (Lipinski definition) is 5. The van der Waals surface area contributed by atoms with Crippen LogP contribution in [0.1, 0.15) is 16.9 Å². The summed E-state index contributed by atoms with van der Waals surface area (Å²) < 4.78 is 6.37. The summed E-state index contributed by atoms with van der Waals surface area (Å²) >= 11 is 0. The van der Waals surface area contributed by atoms with Crippen molar-refractivity contribution in [2.45, 2.75) is 12.5 Å². The molecule has 7 heteroatoms. The molecule has 17 heavy (non-hydrogen) atoms. The fraction of sp³-hybridized carbons (Fsp3) is 0.600. The molecule has 7 nitrogen and oxygen atoms in total. The number of rotatable bonds is 6. The van der Waals surface area contributed by atoms with E-state index in [-0.39, 0.29) is 18.6 Å². The lowest BCUT2D eigenvalue weighted by atomic mass is 10.2. The van der Waals surface area contributed by atoms with Crippen LogP contribution in [0.3, 0.4) is 0 Å². The van der Waals surface area contributed by atoms with Crippen LogP contribution in [0.4, 0.5) is 5.69 Å². The van der Waals surface area contributed by atoms with Gasteiger partial charge in [0.2, 0.25) is 0 Å². The highest BCUT2D eigenvalue weighted by Gasteiger charge is 2.18. The quantitative estimate of drug-likeness (QED) is 0.601. The van der Waals surface area contributed by atoms with Gasteiger partial charge in [-0.1, -0.05) is 0 Å². The number of ether oxygens (including phenoxy) is 1. The van der Waals surface area contributed by atoms with Crippen LogP contribution in [0.25, 0.3) is 0 Å². The van der Waals surface area contributed by atoms with Gasteiger partial charge in [-0.3, -0.25) is 9.48 Å². The normalized spacial score (nSPS) is 12.4. The molecule has 1 heterocycles. The number of anilines is 1. The third-order valence-corrected chi connectivity index (χ3v) is 2.36. The zero-order valence-electron chi connectivity index (χ0n) is 10.0. The van der Waals surface area contributed by atoms with Gasteiger partial charge in [-0.05, 0) is 6.42 Å². The first-order valence-corrected chi connectivity index (χ1v) is 5.28. The second kappa shape index (κ2) is 6.21. The largest absolute Gasteiger partial charge is 0.396 e. The van der Waals surface area contributed by atoms with Gasteiger partial charge in [-0.25, -0.2) is 0 Å². The highest BCUT2D eigenvalue weighted by Crippen LogP contribution is 2.09. The Morgan fingerprint density at radius 3 is 2.94 bits per heavy atom. The van der Waals surface area contributed by atoms with Crippen LogP contribution in [0.5, 0.6) is 0 Å². The van der Waals surface area contributed by atoms with Crippen LogP contribution in [0, 0.1) is 0 Å². The standard InChI is InChI=1S/C10H18N4O3/c1-14-9(8(11)5-12-14)10(16)13-7(3-4-15)6-17-2/h5,7,15H,3-4,6,11H2,1-2H3,(H,13,16).